The fraction of sp³-hybridized carbons (Fsp3) is 0.476. The molecule has 0 radical (unpaired) electrons. The first-order valence-electron chi connectivity index (χ1n) is 9.38. The summed E-state index contributed by atoms with van der Waals surface area (Å²) in [5, 5.41) is 2.29. The second kappa shape index (κ2) is 7.14. The average molecular weight is 338 g/mol. The highest BCUT2D eigenvalue weighted by Crippen LogP contribution is 2.23. The summed E-state index contributed by atoms with van der Waals surface area (Å²) in [6.45, 7) is 6.33. The second-order valence-electron chi connectivity index (χ2n) is 7.18. The van der Waals surface area contributed by atoms with Gasteiger partial charge in [-0.25, -0.2) is 0 Å². The Bertz CT molecular complexity index is 758. The first kappa shape index (κ1) is 16.6. The molecule has 25 heavy (non-hydrogen) atoms. The molecule has 2 heterocycles. The lowest BCUT2D eigenvalue weighted by atomic mass is 10.0. The highest BCUT2D eigenvalue weighted by molar-refractivity contribution is 5.98. The Morgan fingerprint density at radius 1 is 1.12 bits per heavy atom. The summed E-state index contributed by atoms with van der Waals surface area (Å²) in [5.74, 6) is 0.142. The number of ether oxygens (including phenoxy) is 1. The maximum absolute atomic E-state index is 13.0. The van der Waals surface area contributed by atoms with Crippen molar-refractivity contribution in [3.63, 3.8) is 0 Å². The van der Waals surface area contributed by atoms with Gasteiger partial charge in [-0.05, 0) is 29.3 Å². The van der Waals surface area contributed by atoms with Gasteiger partial charge in [-0.15, -0.1) is 0 Å². The highest BCUT2D eigenvalue weighted by Gasteiger charge is 2.36. The number of piperazine rings is 1. The van der Waals surface area contributed by atoms with E-state index in [9.17, 15) is 4.79 Å². The Morgan fingerprint density at radius 2 is 1.96 bits per heavy atom. The van der Waals surface area contributed by atoms with Gasteiger partial charge >= 0.3 is 0 Å². The number of amides is 1. The van der Waals surface area contributed by atoms with Gasteiger partial charge in [-0.1, -0.05) is 43.7 Å². The number of nitrogens with zero attached hydrogens (tertiary/aromatic N) is 2. The van der Waals surface area contributed by atoms with Gasteiger partial charge in [0, 0.05) is 31.2 Å². The molecule has 2 aromatic carbocycles. The van der Waals surface area contributed by atoms with E-state index in [1.54, 1.807) is 0 Å². The summed E-state index contributed by atoms with van der Waals surface area (Å²) in [5.41, 5.74) is 0.786. The predicted octanol–water partition coefficient (Wildman–Crippen LogP) is 3.17. The zero-order valence-corrected chi connectivity index (χ0v) is 14.9. The second-order valence-corrected chi connectivity index (χ2v) is 7.18. The van der Waals surface area contributed by atoms with Crippen molar-refractivity contribution in [2.24, 2.45) is 0 Å². The molecule has 2 atom stereocenters. The number of rotatable bonds is 3. The van der Waals surface area contributed by atoms with E-state index in [-0.39, 0.29) is 5.91 Å². The van der Waals surface area contributed by atoms with Crippen molar-refractivity contribution in [1.29, 1.82) is 0 Å². The summed E-state index contributed by atoms with van der Waals surface area (Å²) >= 11 is 0. The van der Waals surface area contributed by atoms with Crippen LogP contribution in [0.5, 0.6) is 0 Å². The first-order valence-corrected chi connectivity index (χ1v) is 9.38. The molecule has 0 spiro atoms. The van der Waals surface area contributed by atoms with E-state index in [4.69, 9.17) is 4.74 Å². The third kappa shape index (κ3) is 3.29. The van der Waals surface area contributed by atoms with Gasteiger partial charge in [0.25, 0.3) is 5.91 Å². The lowest BCUT2D eigenvalue weighted by Crippen LogP contribution is -2.62. The molecule has 0 saturated carbocycles. The van der Waals surface area contributed by atoms with E-state index < -0.39 is 0 Å². The average Bonchev–Trinajstić information content (AvgIpc) is 2.67. The van der Waals surface area contributed by atoms with E-state index in [1.807, 2.05) is 35.2 Å². The Morgan fingerprint density at radius 3 is 2.80 bits per heavy atom. The van der Waals surface area contributed by atoms with Gasteiger partial charge in [-0.2, -0.15) is 0 Å². The number of carbonyl (C=O) groups is 1. The number of benzene rings is 2. The molecule has 132 valence electrons. The van der Waals surface area contributed by atoms with Crippen molar-refractivity contribution < 1.29 is 9.53 Å². The minimum absolute atomic E-state index is 0.142. The molecular formula is C21H26N2O2. The number of hydrogen-bond donors (Lipinski definition) is 0. The molecule has 2 aromatic rings. The van der Waals surface area contributed by atoms with E-state index in [0.29, 0.717) is 12.1 Å². The van der Waals surface area contributed by atoms with Crippen LogP contribution in [0.15, 0.2) is 42.5 Å². The Hall–Kier alpha value is -1.91. The molecule has 2 aliphatic heterocycles. The smallest absolute Gasteiger partial charge is 0.253 e. The van der Waals surface area contributed by atoms with Crippen LogP contribution in [0.1, 0.15) is 30.1 Å². The van der Waals surface area contributed by atoms with Gasteiger partial charge in [0.15, 0.2) is 0 Å². The van der Waals surface area contributed by atoms with Crippen molar-refractivity contribution in [2.45, 2.75) is 31.8 Å². The molecule has 0 aliphatic carbocycles. The molecule has 4 heteroatoms. The number of hydrogen-bond acceptors (Lipinski definition) is 3. The maximum Gasteiger partial charge on any atom is 0.253 e. The topological polar surface area (TPSA) is 32.8 Å². The SMILES string of the molecule is CCC[C@H]1COC[C@H]2CN(C(=O)c3ccc4ccccc4c3)CCN12. The molecule has 0 N–H and O–H groups in total. The van der Waals surface area contributed by atoms with E-state index in [2.05, 4.69) is 24.0 Å². The summed E-state index contributed by atoms with van der Waals surface area (Å²) in [7, 11) is 0. The lowest BCUT2D eigenvalue weighted by Gasteiger charge is -2.48. The zero-order valence-electron chi connectivity index (χ0n) is 14.9. The Kier molecular flexibility index (Phi) is 4.73. The fourth-order valence-corrected chi connectivity index (χ4v) is 4.21. The van der Waals surface area contributed by atoms with Crippen molar-refractivity contribution in [2.75, 3.05) is 32.8 Å². The monoisotopic (exact) mass is 338 g/mol. The molecule has 2 saturated heterocycles. The largest absolute Gasteiger partial charge is 0.378 e. The standard InChI is InChI=1S/C21H26N2O2/c1-2-5-19-14-25-15-20-13-22(10-11-23(19)20)21(24)18-9-8-16-6-3-4-7-17(16)12-18/h3-4,6-9,12,19-20H,2,5,10-11,13-15H2,1H3/t19-,20+/m0/s1. The van der Waals surface area contributed by atoms with Crippen LogP contribution < -0.4 is 0 Å². The molecule has 0 bridgehead atoms. The summed E-state index contributed by atoms with van der Waals surface area (Å²) < 4.78 is 5.82. The van der Waals surface area contributed by atoms with Crippen LogP contribution in [0.4, 0.5) is 0 Å². The molecular weight excluding hydrogens is 312 g/mol. The van der Waals surface area contributed by atoms with Crippen molar-refractivity contribution in [1.82, 2.24) is 9.80 Å². The van der Waals surface area contributed by atoms with Crippen LogP contribution in [-0.2, 0) is 4.74 Å². The van der Waals surface area contributed by atoms with Gasteiger partial charge in [-0.3, -0.25) is 9.69 Å². The van der Waals surface area contributed by atoms with Crippen LogP contribution in [0.2, 0.25) is 0 Å². The third-order valence-corrected chi connectivity index (χ3v) is 5.52. The van der Waals surface area contributed by atoms with Crippen LogP contribution in [0.25, 0.3) is 10.8 Å². The molecule has 4 nitrogen and oxygen atoms in total. The predicted molar refractivity (Wildman–Crippen MR) is 99.9 cm³/mol. The summed E-state index contributed by atoms with van der Waals surface area (Å²) in [6.07, 6.45) is 2.35. The van der Waals surface area contributed by atoms with Gasteiger partial charge in [0.05, 0.1) is 19.3 Å². The quantitative estimate of drug-likeness (QED) is 0.862. The molecule has 4 rings (SSSR count). The molecule has 0 aromatic heterocycles. The Labute approximate surface area is 149 Å². The first-order chi connectivity index (χ1) is 12.3. The van der Waals surface area contributed by atoms with Crippen molar-refractivity contribution in [3.05, 3.63) is 48.0 Å². The summed E-state index contributed by atoms with van der Waals surface area (Å²) in [4.78, 5) is 17.6. The van der Waals surface area contributed by atoms with E-state index >= 15 is 0 Å². The fourth-order valence-electron chi connectivity index (χ4n) is 4.21. The zero-order chi connectivity index (χ0) is 17.2. The van der Waals surface area contributed by atoms with Crippen LogP contribution in [0, 0.1) is 0 Å². The third-order valence-electron chi connectivity index (χ3n) is 5.52. The minimum atomic E-state index is 0.142. The normalized spacial score (nSPS) is 24.3. The number of fused-ring (bicyclic) bond motifs is 2. The maximum atomic E-state index is 13.0. The minimum Gasteiger partial charge on any atom is -0.378 e. The lowest BCUT2D eigenvalue weighted by molar-refractivity contribution is -0.0776. The van der Waals surface area contributed by atoms with Crippen LogP contribution in [0.3, 0.4) is 0 Å². The van der Waals surface area contributed by atoms with Crippen LogP contribution >= 0.6 is 0 Å². The van der Waals surface area contributed by atoms with E-state index in [0.717, 1.165) is 43.8 Å². The number of morpholine rings is 1. The van der Waals surface area contributed by atoms with Gasteiger partial charge < -0.3 is 9.64 Å². The van der Waals surface area contributed by atoms with Gasteiger partial charge in [0.2, 0.25) is 0 Å². The summed E-state index contributed by atoms with van der Waals surface area (Å²) in [6, 6.07) is 15.0. The van der Waals surface area contributed by atoms with Crippen molar-refractivity contribution >= 4 is 16.7 Å². The van der Waals surface area contributed by atoms with Crippen LogP contribution in [-0.4, -0.2) is 60.6 Å². The Balaban J connectivity index is 1.49. The molecule has 1 amide bonds. The molecule has 2 fully saturated rings. The van der Waals surface area contributed by atoms with E-state index in [1.165, 1.54) is 18.2 Å². The van der Waals surface area contributed by atoms with Gasteiger partial charge in [0.1, 0.15) is 0 Å². The van der Waals surface area contributed by atoms with Crippen molar-refractivity contribution in [3.8, 4) is 0 Å². The molecule has 2 aliphatic rings. The highest BCUT2D eigenvalue weighted by atomic mass is 16.5. The number of carbonyl (C=O) groups excluding carboxylic acids is 1. The molecule has 0 unspecified atom stereocenters.